The Morgan fingerprint density at radius 3 is 2.39 bits per heavy atom. The first-order valence-electron chi connectivity index (χ1n) is 9.92. The molecule has 2 aliphatic rings. The maximum absolute atomic E-state index is 12.9. The number of carbonyl (C=O) groups excluding carboxylic acids is 2. The van der Waals surface area contributed by atoms with E-state index >= 15 is 0 Å². The van der Waals surface area contributed by atoms with Gasteiger partial charge in [-0.1, -0.05) is 13.2 Å². The van der Waals surface area contributed by atoms with Crippen molar-refractivity contribution >= 4 is 12.1 Å². The molecule has 0 bridgehead atoms. The second kappa shape index (κ2) is 9.56. The summed E-state index contributed by atoms with van der Waals surface area (Å²) in [5, 5.41) is 0. The minimum absolute atomic E-state index is 0.347. The number of hydrogen-bond donors (Lipinski definition) is 0. The first kappa shape index (κ1) is 22.4. The molecule has 7 heteroatoms. The van der Waals surface area contributed by atoms with Crippen molar-refractivity contribution in [2.24, 2.45) is 0 Å². The van der Waals surface area contributed by atoms with Gasteiger partial charge in [0, 0.05) is 19.0 Å². The number of hydrogen-bond acceptors (Lipinski definition) is 6. The number of nitrogens with zero attached hydrogens (tertiary/aromatic N) is 1. The lowest BCUT2D eigenvalue weighted by molar-refractivity contribution is -0.160. The van der Waals surface area contributed by atoms with Crippen LogP contribution in [0.25, 0.3) is 0 Å². The topological polar surface area (TPSA) is 74.3 Å². The van der Waals surface area contributed by atoms with Crippen LogP contribution in [0.1, 0.15) is 52.9 Å². The van der Waals surface area contributed by atoms with Gasteiger partial charge in [-0.2, -0.15) is 0 Å². The van der Waals surface area contributed by atoms with Crippen LogP contribution in [0.5, 0.6) is 0 Å². The molecular weight excluding hydrogens is 362 g/mol. The van der Waals surface area contributed by atoms with Gasteiger partial charge in [0.1, 0.15) is 5.60 Å². The minimum atomic E-state index is -1.07. The van der Waals surface area contributed by atoms with Gasteiger partial charge in [-0.25, -0.2) is 9.59 Å². The Bertz CT molecular complexity index is 578. The fraction of sp³-hybridized carbons (Fsp3) is 0.714. The molecule has 0 aromatic carbocycles. The van der Waals surface area contributed by atoms with Gasteiger partial charge in [0.25, 0.3) is 0 Å². The number of ether oxygens (including phenoxy) is 4. The van der Waals surface area contributed by atoms with Gasteiger partial charge >= 0.3 is 12.1 Å². The van der Waals surface area contributed by atoms with Gasteiger partial charge in [-0.05, 0) is 52.5 Å². The Morgan fingerprint density at radius 1 is 1.14 bits per heavy atom. The van der Waals surface area contributed by atoms with Gasteiger partial charge in [0.2, 0.25) is 0 Å². The first-order chi connectivity index (χ1) is 13.2. The molecule has 2 rings (SSSR count). The van der Waals surface area contributed by atoms with Crippen LogP contribution in [0.15, 0.2) is 25.3 Å². The predicted molar refractivity (Wildman–Crippen MR) is 105 cm³/mol. The Morgan fingerprint density at radius 2 is 1.82 bits per heavy atom. The van der Waals surface area contributed by atoms with Gasteiger partial charge < -0.3 is 23.8 Å². The van der Waals surface area contributed by atoms with Crippen molar-refractivity contribution in [3.63, 3.8) is 0 Å². The lowest BCUT2D eigenvalue weighted by atomic mass is 9.82. The summed E-state index contributed by atoms with van der Waals surface area (Å²) in [6.07, 6.45) is 5.40. The lowest BCUT2D eigenvalue weighted by Crippen LogP contribution is -2.58. The van der Waals surface area contributed by atoms with Crippen LogP contribution in [0.3, 0.4) is 0 Å². The zero-order valence-corrected chi connectivity index (χ0v) is 17.3. The highest BCUT2D eigenvalue weighted by Crippen LogP contribution is 2.36. The maximum atomic E-state index is 12.9. The monoisotopic (exact) mass is 395 g/mol. The smallest absolute Gasteiger partial charge is 0.410 e. The fourth-order valence-corrected chi connectivity index (χ4v) is 3.69. The fourth-order valence-electron chi connectivity index (χ4n) is 3.69. The van der Waals surface area contributed by atoms with Gasteiger partial charge in [0.15, 0.2) is 11.9 Å². The molecule has 28 heavy (non-hydrogen) atoms. The summed E-state index contributed by atoms with van der Waals surface area (Å²) < 4.78 is 22.5. The zero-order chi connectivity index (χ0) is 20.8. The van der Waals surface area contributed by atoms with Gasteiger partial charge in [-0.15, -0.1) is 0 Å². The van der Waals surface area contributed by atoms with Crippen LogP contribution in [0, 0.1) is 0 Å². The van der Waals surface area contributed by atoms with Crippen molar-refractivity contribution in [3.8, 4) is 0 Å². The summed E-state index contributed by atoms with van der Waals surface area (Å²) in [5.74, 6) is -0.553. The average molecular weight is 395 g/mol. The second-order valence-corrected chi connectivity index (χ2v) is 8.18. The standard InChI is InChI=1S/C21H33NO6/c1-6-17(23)27-21(7-2,12-11-18-25-14-15-26-18)16-10-8-9-13-22(16)19(24)28-20(3,4)5/h6-7,16,18H,1-2,8-15H2,3-5H3/t16-,21-/m1/s1. The molecule has 0 aromatic heterocycles. The molecule has 2 saturated heterocycles. The van der Waals surface area contributed by atoms with E-state index in [1.54, 1.807) is 11.0 Å². The molecule has 2 aliphatic heterocycles. The third-order valence-corrected chi connectivity index (χ3v) is 4.96. The number of carbonyl (C=O) groups is 2. The summed E-state index contributed by atoms with van der Waals surface area (Å²) in [6.45, 7) is 14.6. The molecule has 0 radical (unpaired) electrons. The molecule has 2 atom stereocenters. The molecule has 158 valence electrons. The molecule has 0 unspecified atom stereocenters. The van der Waals surface area contributed by atoms with E-state index in [-0.39, 0.29) is 12.3 Å². The van der Waals surface area contributed by atoms with Crippen molar-refractivity contribution in [3.05, 3.63) is 25.3 Å². The van der Waals surface area contributed by atoms with Crippen molar-refractivity contribution in [1.29, 1.82) is 0 Å². The van der Waals surface area contributed by atoms with Crippen LogP contribution in [0.4, 0.5) is 4.79 Å². The molecule has 2 heterocycles. The molecule has 2 fully saturated rings. The summed E-state index contributed by atoms with van der Waals surface area (Å²) in [6, 6.07) is -0.376. The van der Waals surface area contributed by atoms with Gasteiger partial charge in [-0.3, -0.25) is 0 Å². The van der Waals surface area contributed by atoms with Gasteiger partial charge in [0.05, 0.1) is 19.3 Å². The van der Waals surface area contributed by atoms with Crippen LogP contribution in [0.2, 0.25) is 0 Å². The highest BCUT2D eigenvalue weighted by molar-refractivity contribution is 5.82. The zero-order valence-electron chi connectivity index (χ0n) is 17.3. The van der Waals surface area contributed by atoms with E-state index in [1.807, 2.05) is 20.8 Å². The Labute approximate surface area is 167 Å². The lowest BCUT2D eigenvalue weighted by Gasteiger charge is -2.46. The molecule has 7 nitrogen and oxygen atoms in total. The van der Waals surface area contributed by atoms with Crippen LogP contribution in [-0.4, -0.2) is 60.3 Å². The van der Waals surface area contributed by atoms with Crippen molar-refractivity contribution in [2.75, 3.05) is 19.8 Å². The summed E-state index contributed by atoms with van der Waals surface area (Å²) >= 11 is 0. The van der Waals surface area contributed by atoms with Crippen LogP contribution < -0.4 is 0 Å². The van der Waals surface area contributed by atoms with E-state index in [2.05, 4.69) is 13.2 Å². The molecule has 0 saturated carbocycles. The van der Waals surface area contributed by atoms with E-state index in [9.17, 15) is 9.59 Å². The predicted octanol–water partition coefficient (Wildman–Crippen LogP) is 3.58. The molecule has 0 N–H and O–H groups in total. The van der Waals surface area contributed by atoms with E-state index < -0.39 is 23.3 Å². The average Bonchev–Trinajstić information content (AvgIpc) is 3.17. The Balaban J connectivity index is 2.27. The number of esters is 1. The van der Waals surface area contributed by atoms with Crippen molar-refractivity contribution in [1.82, 2.24) is 4.90 Å². The highest BCUT2D eigenvalue weighted by Gasteiger charge is 2.47. The van der Waals surface area contributed by atoms with Crippen LogP contribution in [-0.2, 0) is 23.7 Å². The molecular formula is C21H33NO6. The first-order valence-corrected chi connectivity index (χ1v) is 9.92. The molecule has 0 aliphatic carbocycles. The van der Waals surface area contributed by atoms with Crippen LogP contribution >= 0.6 is 0 Å². The van der Waals surface area contributed by atoms with E-state index in [4.69, 9.17) is 18.9 Å². The number of amides is 1. The Hall–Kier alpha value is -1.86. The minimum Gasteiger partial charge on any atom is -0.449 e. The maximum Gasteiger partial charge on any atom is 0.410 e. The van der Waals surface area contributed by atoms with E-state index in [0.717, 1.165) is 18.9 Å². The Kier molecular flexibility index (Phi) is 7.66. The molecule has 0 spiro atoms. The normalized spacial score (nSPS) is 23.0. The number of likely N-dealkylation sites (tertiary alicyclic amines) is 1. The second-order valence-electron chi connectivity index (χ2n) is 8.18. The third-order valence-electron chi connectivity index (χ3n) is 4.96. The molecule has 0 aromatic rings. The van der Waals surface area contributed by atoms with Crippen molar-refractivity contribution in [2.45, 2.75) is 76.4 Å². The summed E-state index contributed by atoms with van der Waals surface area (Å²) in [5.41, 5.74) is -1.68. The SMILES string of the molecule is C=CC(=O)O[C@](C=C)(CCC1OCCO1)[C@H]1CCCCN1C(=O)OC(C)(C)C. The summed E-state index contributed by atoms with van der Waals surface area (Å²) in [4.78, 5) is 26.7. The highest BCUT2D eigenvalue weighted by atomic mass is 16.7. The molecule has 1 amide bonds. The van der Waals surface area contributed by atoms with E-state index in [0.29, 0.717) is 39.0 Å². The summed E-state index contributed by atoms with van der Waals surface area (Å²) in [7, 11) is 0. The number of piperidine rings is 1. The van der Waals surface area contributed by atoms with Crippen molar-refractivity contribution < 1.29 is 28.5 Å². The number of rotatable bonds is 7. The quantitative estimate of drug-likeness (QED) is 0.373. The third kappa shape index (κ3) is 5.82. The largest absolute Gasteiger partial charge is 0.449 e. The van der Waals surface area contributed by atoms with E-state index in [1.165, 1.54) is 0 Å².